The van der Waals surface area contributed by atoms with Gasteiger partial charge in [-0.15, -0.1) is 0 Å². The van der Waals surface area contributed by atoms with Gasteiger partial charge in [0.15, 0.2) is 5.78 Å². The van der Waals surface area contributed by atoms with Crippen LogP contribution in [0.5, 0.6) is 5.75 Å². The lowest BCUT2D eigenvalue weighted by molar-refractivity contribution is 0.102. The van der Waals surface area contributed by atoms with Gasteiger partial charge in [0.1, 0.15) is 16.8 Å². The summed E-state index contributed by atoms with van der Waals surface area (Å²) in [6.07, 6.45) is 4.19. The molecule has 0 aliphatic heterocycles. The van der Waals surface area contributed by atoms with Crippen LogP contribution in [-0.4, -0.2) is 23.6 Å². The highest BCUT2D eigenvalue weighted by molar-refractivity contribution is 8.00. The second-order valence-corrected chi connectivity index (χ2v) is 9.24. The average molecular weight is 409 g/mol. The van der Waals surface area contributed by atoms with Gasteiger partial charge in [0, 0.05) is 11.3 Å². The summed E-state index contributed by atoms with van der Waals surface area (Å²) in [5, 5.41) is 10.3. The van der Waals surface area contributed by atoms with E-state index in [2.05, 4.69) is 26.8 Å². The van der Waals surface area contributed by atoms with E-state index in [0.717, 1.165) is 37.1 Å². The number of methoxy groups -OCH3 is 1. The molecular weight excluding hydrogens is 380 g/mol. The van der Waals surface area contributed by atoms with E-state index in [9.17, 15) is 10.1 Å². The van der Waals surface area contributed by atoms with E-state index in [-0.39, 0.29) is 11.5 Å². The van der Waals surface area contributed by atoms with Gasteiger partial charge >= 0.3 is 0 Å². The maximum Gasteiger partial charge on any atom is 0.173 e. The van der Waals surface area contributed by atoms with Gasteiger partial charge in [0.05, 0.1) is 18.4 Å². The average Bonchev–Trinajstić information content (AvgIpc) is 2.76. The molecule has 0 saturated carbocycles. The van der Waals surface area contributed by atoms with E-state index >= 15 is 0 Å². The zero-order valence-electron chi connectivity index (χ0n) is 17.6. The molecule has 4 nitrogen and oxygen atoms in total. The van der Waals surface area contributed by atoms with Gasteiger partial charge in [0.2, 0.25) is 0 Å². The second kappa shape index (κ2) is 9.00. The summed E-state index contributed by atoms with van der Waals surface area (Å²) in [6, 6.07) is 11.4. The molecular formula is C24H28N2O2S. The molecule has 0 radical (unpaired) electrons. The Hall–Kier alpha value is -2.32. The Balaban J connectivity index is 1.74. The van der Waals surface area contributed by atoms with Crippen molar-refractivity contribution >= 4 is 17.5 Å². The summed E-state index contributed by atoms with van der Waals surface area (Å²) >= 11 is 1.35. The Morgan fingerprint density at radius 2 is 2.07 bits per heavy atom. The third kappa shape index (κ3) is 4.82. The van der Waals surface area contributed by atoms with E-state index in [4.69, 9.17) is 9.72 Å². The van der Waals surface area contributed by atoms with Crippen molar-refractivity contribution in [3.63, 3.8) is 0 Å². The molecule has 0 saturated heterocycles. The first-order chi connectivity index (χ1) is 13.9. The molecule has 0 bridgehead atoms. The monoisotopic (exact) mass is 408 g/mol. The number of nitrogens with zero attached hydrogens (tertiary/aromatic N) is 2. The molecule has 1 aromatic heterocycles. The van der Waals surface area contributed by atoms with Gasteiger partial charge in [0.25, 0.3) is 0 Å². The van der Waals surface area contributed by atoms with Crippen LogP contribution in [0.15, 0.2) is 35.4 Å². The number of nitriles is 1. The van der Waals surface area contributed by atoms with Crippen molar-refractivity contribution in [2.75, 3.05) is 12.9 Å². The maximum absolute atomic E-state index is 12.5. The van der Waals surface area contributed by atoms with Gasteiger partial charge in [-0.1, -0.05) is 39.0 Å². The normalized spacial score (nSPS) is 16.0. The first-order valence-electron chi connectivity index (χ1n) is 10.1. The van der Waals surface area contributed by atoms with E-state index in [1.807, 2.05) is 6.07 Å². The molecule has 5 heteroatoms. The predicted molar refractivity (Wildman–Crippen MR) is 117 cm³/mol. The SMILES string of the molecule is CCC(C)(C)C1CCc2nc(SCC(=O)c3ccc(OC)cc3)c(C#N)cc2C1. The van der Waals surface area contributed by atoms with Gasteiger partial charge in [-0.05, 0) is 66.5 Å². The van der Waals surface area contributed by atoms with Gasteiger partial charge < -0.3 is 4.74 Å². The summed E-state index contributed by atoms with van der Waals surface area (Å²) in [5.74, 6) is 1.62. The number of benzene rings is 1. The predicted octanol–water partition coefficient (Wildman–Crippen LogP) is 5.48. The van der Waals surface area contributed by atoms with Crippen molar-refractivity contribution in [2.24, 2.45) is 11.3 Å². The molecule has 1 unspecified atom stereocenters. The summed E-state index contributed by atoms with van der Waals surface area (Å²) < 4.78 is 5.13. The van der Waals surface area contributed by atoms with E-state index in [1.54, 1.807) is 31.4 Å². The van der Waals surface area contributed by atoms with Crippen molar-refractivity contribution in [1.29, 1.82) is 5.26 Å². The molecule has 0 spiro atoms. The molecule has 1 aromatic carbocycles. The zero-order valence-corrected chi connectivity index (χ0v) is 18.4. The number of aryl methyl sites for hydroxylation is 1. The number of thioether (sulfide) groups is 1. The standard InChI is InChI=1S/C24H28N2O2S/c1-5-24(2,3)19-8-11-21-17(13-19)12-18(14-25)23(26-21)29-15-22(27)16-6-9-20(28-4)10-7-16/h6-7,9-10,12,19H,5,8,11,13,15H2,1-4H3. The van der Waals surface area contributed by atoms with Gasteiger partial charge in [-0.3, -0.25) is 4.79 Å². The first kappa shape index (κ1) is 21.4. The number of hydrogen-bond acceptors (Lipinski definition) is 5. The van der Waals surface area contributed by atoms with Crippen LogP contribution in [0.4, 0.5) is 0 Å². The quantitative estimate of drug-likeness (QED) is 0.448. The Kier molecular flexibility index (Phi) is 6.64. The number of hydrogen-bond donors (Lipinski definition) is 0. The topological polar surface area (TPSA) is 63.0 Å². The number of pyridine rings is 1. The minimum absolute atomic E-state index is 0.0193. The number of fused-ring (bicyclic) bond motifs is 1. The molecule has 2 aromatic rings. The van der Waals surface area contributed by atoms with Crippen LogP contribution in [0.2, 0.25) is 0 Å². The Labute approximate surface area is 177 Å². The lowest BCUT2D eigenvalue weighted by Gasteiger charge is -2.37. The summed E-state index contributed by atoms with van der Waals surface area (Å²) in [4.78, 5) is 17.3. The number of ketones is 1. The molecule has 1 aliphatic carbocycles. The Morgan fingerprint density at radius 1 is 1.34 bits per heavy atom. The minimum Gasteiger partial charge on any atom is -0.497 e. The highest BCUT2D eigenvalue weighted by Crippen LogP contribution is 2.40. The molecule has 29 heavy (non-hydrogen) atoms. The fourth-order valence-electron chi connectivity index (χ4n) is 3.79. The minimum atomic E-state index is 0.0193. The fraction of sp³-hybridized carbons (Fsp3) is 0.458. The summed E-state index contributed by atoms with van der Waals surface area (Å²) in [7, 11) is 1.60. The molecule has 1 heterocycles. The van der Waals surface area contributed by atoms with Crippen LogP contribution in [0, 0.1) is 22.7 Å². The number of rotatable bonds is 7. The van der Waals surface area contributed by atoms with Crippen LogP contribution in [0.3, 0.4) is 0 Å². The van der Waals surface area contributed by atoms with E-state index in [0.29, 0.717) is 27.5 Å². The van der Waals surface area contributed by atoms with Crippen LogP contribution < -0.4 is 4.74 Å². The maximum atomic E-state index is 12.5. The molecule has 1 atom stereocenters. The van der Waals surface area contributed by atoms with Gasteiger partial charge in [-0.2, -0.15) is 5.26 Å². The molecule has 152 valence electrons. The van der Waals surface area contributed by atoms with E-state index < -0.39 is 0 Å². The van der Waals surface area contributed by atoms with E-state index in [1.165, 1.54) is 17.3 Å². The van der Waals surface area contributed by atoms with Crippen LogP contribution in [0.1, 0.15) is 60.8 Å². The molecule has 0 fully saturated rings. The number of ether oxygens (including phenoxy) is 1. The first-order valence-corrected chi connectivity index (χ1v) is 11.1. The summed E-state index contributed by atoms with van der Waals surface area (Å²) in [6.45, 7) is 6.90. The van der Waals surface area contributed by atoms with Crippen molar-refractivity contribution < 1.29 is 9.53 Å². The van der Waals surface area contributed by atoms with Crippen LogP contribution >= 0.6 is 11.8 Å². The van der Waals surface area contributed by atoms with Crippen LogP contribution in [0.25, 0.3) is 0 Å². The molecule has 3 rings (SSSR count). The second-order valence-electron chi connectivity index (χ2n) is 8.28. The van der Waals surface area contributed by atoms with Crippen molar-refractivity contribution in [2.45, 2.75) is 51.5 Å². The number of aromatic nitrogens is 1. The van der Waals surface area contributed by atoms with Crippen LogP contribution in [-0.2, 0) is 12.8 Å². The van der Waals surface area contributed by atoms with Gasteiger partial charge in [-0.25, -0.2) is 4.98 Å². The third-order valence-electron chi connectivity index (χ3n) is 6.24. The van der Waals surface area contributed by atoms with Crippen molar-refractivity contribution in [3.05, 3.63) is 52.7 Å². The molecule has 0 N–H and O–H groups in total. The van der Waals surface area contributed by atoms with Crippen molar-refractivity contribution in [1.82, 2.24) is 4.98 Å². The zero-order chi connectivity index (χ0) is 21.0. The summed E-state index contributed by atoms with van der Waals surface area (Å²) in [5.41, 5.74) is 3.80. The molecule has 0 amide bonds. The number of carbonyl (C=O) groups excluding carboxylic acids is 1. The number of carbonyl (C=O) groups is 1. The smallest absolute Gasteiger partial charge is 0.173 e. The Bertz CT molecular complexity index is 929. The highest BCUT2D eigenvalue weighted by atomic mass is 32.2. The Morgan fingerprint density at radius 3 is 2.69 bits per heavy atom. The lowest BCUT2D eigenvalue weighted by Crippen LogP contribution is -2.29. The van der Waals surface area contributed by atoms with Crippen molar-refractivity contribution in [3.8, 4) is 11.8 Å². The lowest BCUT2D eigenvalue weighted by atomic mass is 9.69. The third-order valence-corrected chi connectivity index (χ3v) is 7.23. The highest BCUT2D eigenvalue weighted by Gasteiger charge is 2.32. The molecule has 1 aliphatic rings. The largest absolute Gasteiger partial charge is 0.497 e. The number of Topliss-reactive ketones (excluding diaryl/α,β-unsaturated/α-hetero) is 1. The fourth-order valence-corrected chi connectivity index (χ4v) is 4.65.